The van der Waals surface area contributed by atoms with Gasteiger partial charge in [-0.3, -0.25) is 9.59 Å². The molecule has 35 nitrogen and oxygen atoms in total. The summed E-state index contributed by atoms with van der Waals surface area (Å²) in [4.78, 5) is 60.5. The van der Waals surface area contributed by atoms with Crippen LogP contribution in [0.5, 0.6) is 23.0 Å². The van der Waals surface area contributed by atoms with Crippen LogP contribution >= 0.6 is 11.6 Å². The fraction of sp³-hybridized carbons (Fsp3) is 0.194. The van der Waals surface area contributed by atoms with E-state index in [1.54, 1.807) is 112 Å². The van der Waals surface area contributed by atoms with Gasteiger partial charge in [0.15, 0.2) is 23.3 Å². The number of nitrogens with two attached hydrogens (primary N) is 5. The maximum absolute atomic E-state index is 12.9. The number of carbonyl (C=O) groups excluding carboxylic acids is 2. The summed E-state index contributed by atoms with van der Waals surface area (Å²) in [5.41, 5.74) is 32.2. The van der Waals surface area contributed by atoms with E-state index in [1.807, 2.05) is 61.5 Å². The van der Waals surface area contributed by atoms with Crippen LogP contribution in [-0.4, -0.2) is 178 Å². The molecule has 15 N–H and O–H groups in total. The number of methoxy groups -OCH3 is 4. The van der Waals surface area contributed by atoms with Gasteiger partial charge in [-0.1, -0.05) is 29.8 Å². The predicted octanol–water partition coefficient (Wildman–Crippen LogP) is 7.89. The van der Waals surface area contributed by atoms with E-state index in [4.69, 9.17) is 64.0 Å². The van der Waals surface area contributed by atoms with Crippen molar-refractivity contribution in [2.24, 2.45) is 5.73 Å². The van der Waals surface area contributed by atoms with Gasteiger partial charge in [0.1, 0.15) is 28.7 Å². The van der Waals surface area contributed by atoms with Gasteiger partial charge >= 0.3 is 6.18 Å². The standard InChI is InChI=1S/C19H24N8O2.C18H20N8O2.C16H15F3N6O2.C14H13ClN6O/c1-26(2)11-10-22-17(28)13-7-8-15(29-3)14(12-13)23-19-24-18(20)27(25-19)16-6-4-5-9-21-16;19-16(27)12-1-6-15(21-11-12)26-17(20)23-18(24-26)22-13-2-4-14(5-3-13)25-7-9-28-10-8-25;1-26-9-6-7-11(27-2)10(8-9)21-15-23-14(20)25(24-15)13-5-3-4-12(22-13)16(17,18)19;1-22-9-5-6-10(15)11(8-9)18-14-19-13(16)21(20-14)12-4-2-3-7-17-12/h4-9,12H,10-11H2,1-3H3,(H,22,28)(H3,20,23,24,25);1-6,11H,7-10H2,(H2,19,27)(H3,20,22,23,24);3-8H,1-2H3,(H3,20,21,23,24);2-8H,1H3,(H3,16,18,19,20). The van der Waals surface area contributed by atoms with Crippen LogP contribution in [0.25, 0.3) is 23.3 Å². The van der Waals surface area contributed by atoms with Gasteiger partial charge in [0.2, 0.25) is 53.5 Å². The number of primary amides is 1. The van der Waals surface area contributed by atoms with Crippen molar-refractivity contribution in [3.05, 3.63) is 186 Å². The molecule has 0 bridgehead atoms. The molecular formula is C67H72ClF3N28O7. The van der Waals surface area contributed by atoms with Crippen LogP contribution in [0.4, 0.5) is 89.2 Å². The molecule has 0 spiro atoms. The Labute approximate surface area is 607 Å². The maximum Gasteiger partial charge on any atom is 0.433 e. The number of alkyl halides is 3. The van der Waals surface area contributed by atoms with Crippen LogP contribution in [-0.2, 0) is 10.9 Å². The fourth-order valence-electron chi connectivity index (χ4n) is 9.65. The number of halogens is 4. The van der Waals surface area contributed by atoms with Gasteiger partial charge in [-0.2, -0.15) is 51.8 Å². The van der Waals surface area contributed by atoms with Gasteiger partial charge < -0.3 is 88.7 Å². The molecule has 1 saturated heterocycles. The molecule has 550 valence electrons. The van der Waals surface area contributed by atoms with Crippen molar-refractivity contribution in [1.29, 1.82) is 0 Å². The lowest BCUT2D eigenvalue weighted by atomic mass is 10.1. The minimum atomic E-state index is -4.58. The number of nitrogen functional groups attached to an aromatic ring is 4. The van der Waals surface area contributed by atoms with Crippen molar-refractivity contribution < 1.29 is 46.4 Å². The van der Waals surface area contributed by atoms with E-state index in [0.29, 0.717) is 92.1 Å². The lowest BCUT2D eigenvalue weighted by molar-refractivity contribution is -0.141. The largest absolute Gasteiger partial charge is 0.497 e. The first kappa shape index (κ1) is 75.1. The second kappa shape index (κ2) is 34.8. The number of hydrogen-bond donors (Lipinski definition) is 10. The number of amides is 2. The number of hydrogen-bond acceptors (Lipinski definition) is 29. The smallest absolute Gasteiger partial charge is 0.433 e. The third-order valence-electron chi connectivity index (χ3n) is 14.9. The minimum absolute atomic E-state index is 0.0539. The molecule has 106 heavy (non-hydrogen) atoms. The first-order chi connectivity index (χ1) is 51.1. The Kier molecular flexibility index (Phi) is 24.7. The highest BCUT2D eigenvalue weighted by Crippen LogP contribution is 2.34. The van der Waals surface area contributed by atoms with E-state index in [1.165, 1.54) is 46.6 Å². The van der Waals surface area contributed by atoms with Crippen LogP contribution in [0.2, 0.25) is 5.02 Å². The van der Waals surface area contributed by atoms with Gasteiger partial charge in [0.25, 0.3) is 5.91 Å². The molecule has 39 heteroatoms. The first-order valence-electron chi connectivity index (χ1n) is 31.8. The number of ether oxygens (including phenoxy) is 5. The van der Waals surface area contributed by atoms with Crippen LogP contribution in [0.1, 0.15) is 26.4 Å². The number of nitrogens with one attached hydrogen (secondary N) is 5. The molecule has 13 rings (SSSR count). The third-order valence-corrected chi connectivity index (χ3v) is 15.2. The van der Waals surface area contributed by atoms with Gasteiger partial charge in [-0.05, 0) is 129 Å². The summed E-state index contributed by atoms with van der Waals surface area (Å²) in [6.07, 6.45) is 0.0874. The van der Waals surface area contributed by atoms with Crippen LogP contribution < -0.4 is 79.1 Å². The molecule has 1 aliphatic rings. The van der Waals surface area contributed by atoms with Crippen LogP contribution in [0.3, 0.4) is 0 Å². The Morgan fingerprint density at radius 2 is 1.02 bits per heavy atom. The molecule has 9 heterocycles. The lowest BCUT2D eigenvalue weighted by Gasteiger charge is -2.28. The number of benzene rings is 4. The summed E-state index contributed by atoms with van der Waals surface area (Å²) >= 11 is 6.14. The summed E-state index contributed by atoms with van der Waals surface area (Å²) in [5.74, 6) is 4.42. The molecule has 4 aromatic carbocycles. The zero-order chi connectivity index (χ0) is 75.4. The minimum Gasteiger partial charge on any atom is -0.497 e. The highest BCUT2D eigenvalue weighted by Gasteiger charge is 2.33. The SMILES string of the molecule is COc1ccc(C(=O)NCCN(C)C)cc1Nc1nc(N)n(-c2ccccn2)n1.COc1ccc(Cl)c(Nc2nc(N)n(-c3ccccn3)n2)c1.COc1ccc(OC)c(Nc2nc(N)n(-c3cccc(C(F)(F)F)n3)n2)c1.NC(=O)c1ccc(-n2nc(Nc3ccc(N4CCOCC4)cc3)nc2N)nc1. The monoisotopic (exact) mass is 1470 g/mol. The van der Waals surface area contributed by atoms with Crippen LogP contribution in [0.15, 0.2) is 164 Å². The number of carbonyl (C=O) groups is 2. The Hall–Kier alpha value is -13.6. The molecule has 2 amide bonds. The van der Waals surface area contributed by atoms with Crippen molar-refractivity contribution in [2.45, 2.75) is 6.18 Å². The molecule has 0 atom stereocenters. The number of likely N-dealkylation sites (N-methyl/N-ethyl adjacent to an activating group) is 1. The van der Waals surface area contributed by atoms with Gasteiger partial charge in [-0.15, -0.1) is 20.4 Å². The van der Waals surface area contributed by atoms with Crippen molar-refractivity contribution in [3.8, 4) is 46.3 Å². The van der Waals surface area contributed by atoms with E-state index in [-0.39, 0.29) is 47.4 Å². The van der Waals surface area contributed by atoms with Crippen molar-refractivity contribution in [1.82, 2.24) is 89.2 Å². The van der Waals surface area contributed by atoms with Crippen molar-refractivity contribution >= 4 is 99.4 Å². The van der Waals surface area contributed by atoms with E-state index < -0.39 is 17.8 Å². The molecule has 12 aromatic rings. The summed E-state index contributed by atoms with van der Waals surface area (Å²) in [6.45, 7) is 4.56. The number of nitrogens with zero attached hydrogens (tertiary/aromatic N) is 18. The molecular weight excluding hydrogens is 1400 g/mol. The molecule has 0 saturated carbocycles. The van der Waals surface area contributed by atoms with Crippen molar-refractivity contribution in [3.63, 3.8) is 0 Å². The molecule has 0 aliphatic carbocycles. The average molecular weight is 1470 g/mol. The topological polar surface area (TPSA) is 451 Å². The highest BCUT2D eigenvalue weighted by molar-refractivity contribution is 6.33. The van der Waals surface area contributed by atoms with E-state index >= 15 is 0 Å². The molecule has 0 unspecified atom stereocenters. The fourth-order valence-corrected chi connectivity index (χ4v) is 9.81. The summed E-state index contributed by atoms with van der Waals surface area (Å²) in [5, 5.41) is 32.5. The Balaban J connectivity index is 0.000000152. The summed E-state index contributed by atoms with van der Waals surface area (Å²) in [6, 6.07) is 40.8. The quantitative estimate of drug-likeness (QED) is 0.0308. The highest BCUT2D eigenvalue weighted by atomic mass is 35.5. The van der Waals surface area contributed by atoms with E-state index in [0.717, 1.165) is 55.0 Å². The van der Waals surface area contributed by atoms with Gasteiger partial charge in [0, 0.05) is 73.8 Å². The number of pyridine rings is 4. The number of morpholine rings is 1. The Morgan fingerprint density at radius 3 is 1.51 bits per heavy atom. The number of rotatable bonds is 22. The lowest BCUT2D eigenvalue weighted by Crippen LogP contribution is -2.36. The second-order valence-corrected chi connectivity index (χ2v) is 22.8. The average Bonchev–Trinajstić information content (AvgIpc) is 1.72. The molecule has 1 aliphatic heterocycles. The summed E-state index contributed by atoms with van der Waals surface area (Å²) in [7, 11) is 10.0. The second-order valence-electron chi connectivity index (χ2n) is 22.4. The van der Waals surface area contributed by atoms with Gasteiger partial charge in [0.05, 0.1) is 69.3 Å². The van der Waals surface area contributed by atoms with E-state index in [9.17, 15) is 22.8 Å². The molecule has 1 fully saturated rings. The van der Waals surface area contributed by atoms with Gasteiger partial charge in [-0.25, -0.2) is 19.9 Å². The third kappa shape index (κ3) is 19.7. The zero-order valence-corrected chi connectivity index (χ0v) is 58.4. The summed E-state index contributed by atoms with van der Waals surface area (Å²) < 4.78 is 70.1. The first-order valence-corrected chi connectivity index (χ1v) is 32.2. The van der Waals surface area contributed by atoms with Crippen LogP contribution in [0, 0.1) is 0 Å². The molecule has 8 aromatic heterocycles. The van der Waals surface area contributed by atoms with Crippen molar-refractivity contribution in [2.75, 3.05) is 131 Å². The Bertz CT molecular complexity index is 4910. The zero-order valence-electron chi connectivity index (χ0n) is 57.6. The molecule has 0 radical (unpaired) electrons. The number of anilines is 13. The normalized spacial score (nSPS) is 11.7. The number of aromatic nitrogens is 16. The maximum atomic E-state index is 12.9. The Morgan fingerprint density at radius 1 is 0.538 bits per heavy atom. The van der Waals surface area contributed by atoms with E-state index in [2.05, 4.69) is 91.8 Å². The predicted molar refractivity (Wildman–Crippen MR) is 392 cm³/mol.